The number of carboxylic acid groups (broad SMARTS) is 1. The predicted octanol–water partition coefficient (Wildman–Crippen LogP) is 3.83. The largest absolute Gasteiger partial charge is 0.481 e. The minimum atomic E-state index is -4.46. The Hall–Kier alpha value is -2.63. The van der Waals surface area contributed by atoms with Gasteiger partial charge in [0.1, 0.15) is 36.2 Å². The van der Waals surface area contributed by atoms with Gasteiger partial charge in [-0.1, -0.05) is 70.6 Å². The second-order valence-electron chi connectivity index (χ2n) is 10.9. The normalized spacial score (nSPS) is 23.3. The summed E-state index contributed by atoms with van der Waals surface area (Å²) in [6.45, 7) is -0.572. The van der Waals surface area contributed by atoms with E-state index in [1.54, 1.807) is 6.07 Å². The van der Waals surface area contributed by atoms with Gasteiger partial charge in [0.25, 0.3) is 0 Å². The Kier molecular flexibility index (Phi) is 13.8. The van der Waals surface area contributed by atoms with Gasteiger partial charge >= 0.3 is 13.8 Å². The summed E-state index contributed by atoms with van der Waals surface area (Å²) in [6.07, 6.45) is 10.2. The smallest absolute Gasteiger partial charge is 0.472 e. The number of aliphatic hydroxyl groups excluding tert-OH is 2. The zero-order valence-corrected chi connectivity index (χ0v) is 25.3. The van der Waals surface area contributed by atoms with Crippen LogP contribution in [0.25, 0.3) is 5.52 Å². The summed E-state index contributed by atoms with van der Waals surface area (Å²) >= 11 is 0. The van der Waals surface area contributed by atoms with Crippen LogP contribution in [0.15, 0.2) is 18.5 Å². The highest BCUT2D eigenvalue weighted by Gasteiger charge is 2.58. The Bertz CT molecular complexity index is 1250. The summed E-state index contributed by atoms with van der Waals surface area (Å²) in [5, 5.41) is 44.0. The Labute approximate surface area is 251 Å². The highest BCUT2D eigenvalue weighted by molar-refractivity contribution is 7.47. The van der Waals surface area contributed by atoms with Gasteiger partial charge in [-0.2, -0.15) is 10.4 Å². The number of unbranched alkanes of at least 4 members (excludes halogenated alkanes) is 12. The number of carbonyl (C=O) groups is 1. The molecular weight excluding hydrogens is 581 g/mol. The summed E-state index contributed by atoms with van der Waals surface area (Å²) in [4.78, 5) is 24.4. The van der Waals surface area contributed by atoms with Gasteiger partial charge in [0.15, 0.2) is 5.82 Å². The first-order chi connectivity index (χ1) is 20.6. The number of hydrogen-bond acceptors (Lipinski definition) is 11. The van der Waals surface area contributed by atoms with E-state index in [1.165, 1.54) is 42.6 Å². The topological polar surface area (TPSA) is 223 Å². The number of aliphatic carboxylic acids is 1. The van der Waals surface area contributed by atoms with E-state index in [-0.39, 0.29) is 24.5 Å². The Morgan fingerprint density at radius 2 is 1.60 bits per heavy atom. The Balaban J connectivity index is 1.28. The number of nitrogens with two attached hydrogens (primary N) is 1. The van der Waals surface area contributed by atoms with E-state index in [0.717, 1.165) is 51.4 Å². The molecule has 1 saturated heterocycles. The van der Waals surface area contributed by atoms with Crippen LogP contribution in [0.4, 0.5) is 5.82 Å². The number of aromatic nitrogens is 3. The van der Waals surface area contributed by atoms with Gasteiger partial charge in [-0.15, -0.1) is 0 Å². The van der Waals surface area contributed by atoms with Crippen molar-refractivity contribution in [1.82, 2.24) is 14.6 Å². The van der Waals surface area contributed by atoms with Gasteiger partial charge in [0.05, 0.1) is 18.9 Å². The number of ether oxygens (including phenoxy) is 1. The Morgan fingerprint density at radius 3 is 2.19 bits per heavy atom. The summed E-state index contributed by atoms with van der Waals surface area (Å²) in [6, 6.07) is 4.92. The Morgan fingerprint density at radius 1 is 1.02 bits per heavy atom. The molecule has 2 aromatic rings. The summed E-state index contributed by atoms with van der Waals surface area (Å²) in [5.74, 6) is -0.576. The summed E-state index contributed by atoms with van der Waals surface area (Å²) in [5.41, 5.74) is 4.30. The molecule has 2 aromatic heterocycles. The van der Waals surface area contributed by atoms with Crippen LogP contribution in [0.5, 0.6) is 0 Å². The number of hydrogen-bond donors (Lipinski definition) is 5. The van der Waals surface area contributed by atoms with E-state index in [2.05, 4.69) is 10.1 Å². The van der Waals surface area contributed by atoms with Crippen LogP contribution in [0.2, 0.25) is 0 Å². The molecular formula is C28H44N5O9P. The quantitative estimate of drug-likeness (QED) is 0.0984. The number of carboxylic acids is 1. The van der Waals surface area contributed by atoms with Gasteiger partial charge in [-0.05, 0) is 25.0 Å². The third-order valence-electron chi connectivity index (χ3n) is 7.68. The fraction of sp³-hybridized carbons (Fsp3) is 0.714. The molecule has 5 atom stereocenters. The maximum Gasteiger partial charge on any atom is 0.472 e. The molecule has 0 radical (unpaired) electrons. The zero-order valence-electron chi connectivity index (χ0n) is 24.4. The van der Waals surface area contributed by atoms with Gasteiger partial charge < -0.3 is 30.7 Å². The van der Waals surface area contributed by atoms with Crippen molar-refractivity contribution in [2.24, 2.45) is 0 Å². The second kappa shape index (κ2) is 17.0. The number of anilines is 1. The molecule has 240 valence electrons. The molecule has 0 saturated carbocycles. The molecule has 0 aromatic carbocycles. The van der Waals surface area contributed by atoms with Crippen molar-refractivity contribution in [2.45, 2.75) is 114 Å². The van der Waals surface area contributed by atoms with Crippen LogP contribution in [0.3, 0.4) is 0 Å². The maximum absolute atomic E-state index is 12.4. The number of nitriles is 1. The molecule has 1 aliphatic rings. The molecule has 43 heavy (non-hydrogen) atoms. The number of phosphoric acid groups is 1. The third-order valence-corrected chi connectivity index (χ3v) is 8.66. The van der Waals surface area contributed by atoms with Gasteiger partial charge in [-0.25, -0.2) is 14.1 Å². The van der Waals surface area contributed by atoms with Crippen LogP contribution in [-0.4, -0.2) is 72.3 Å². The lowest BCUT2D eigenvalue weighted by atomic mass is 9.92. The molecule has 0 aliphatic carbocycles. The molecule has 15 heteroatoms. The average Bonchev–Trinajstić information content (AvgIpc) is 3.52. The average molecular weight is 626 g/mol. The molecule has 0 amide bonds. The van der Waals surface area contributed by atoms with Crippen LogP contribution in [0.1, 0.15) is 95.6 Å². The molecule has 14 nitrogen and oxygen atoms in total. The van der Waals surface area contributed by atoms with E-state index in [0.29, 0.717) is 11.9 Å². The standard InChI is InChI=1S/C28H44N5O9P/c29-19-28(23-16-15-21-27(30)31-20-32-33(21)23)26(37)25(36)22(42-28)18-41-43(38,39)40-17-13-11-9-7-5-3-1-2-4-6-8-10-12-14-24(34)35/h15-16,20,22,25-26,36-37H,1-14,17-18H2,(H,34,35)(H,38,39)(H2,30,31,32)/t22-,25-,26-,28?/m1/s1. The van der Waals surface area contributed by atoms with Crippen molar-refractivity contribution in [3.8, 4) is 6.07 Å². The minimum Gasteiger partial charge on any atom is -0.481 e. The number of rotatable bonds is 21. The third kappa shape index (κ3) is 9.94. The number of fused-ring (bicyclic) bond motifs is 1. The van der Waals surface area contributed by atoms with E-state index in [4.69, 9.17) is 24.6 Å². The molecule has 0 spiro atoms. The highest BCUT2D eigenvalue weighted by Crippen LogP contribution is 2.46. The SMILES string of the molecule is N#CC1(c2ccc3c(N)ncnn23)O[C@H](COP(=O)(O)OCCCCCCCCCCCCCCCC(=O)O)[C@@H](O)[C@H]1O. The first kappa shape index (κ1) is 34.9. The molecule has 6 N–H and O–H groups in total. The van der Waals surface area contributed by atoms with Gasteiger partial charge in [-0.3, -0.25) is 13.8 Å². The van der Waals surface area contributed by atoms with E-state index in [9.17, 15) is 29.7 Å². The van der Waals surface area contributed by atoms with Crippen molar-refractivity contribution in [2.75, 3.05) is 18.9 Å². The molecule has 1 fully saturated rings. The van der Waals surface area contributed by atoms with Gasteiger partial charge in [0, 0.05) is 6.42 Å². The zero-order chi connectivity index (χ0) is 31.3. The predicted molar refractivity (Wildman–Crippen MR) is 156 cm³/mol. The number of nitrogens with zero attached hydrogens (tertiary/aromatic N) is 4. The molecule has 3 rings (SSSR count). The highest BCUT2D eigenvalue weighted by atomic mass is 31.2. The van der Waals surface area contributed by atoms with E-state index >= 15 is 0 Å². The lowest BCUT2D eigenvalue weighted by Gasteiger charge is -2.24. The summed E-state index contributed by atoms with van der Waals surface area (Å²) in [7, 11) is -4.46. The lowest BCUT2D eigenvalue weighted by molar-refractivity contribution is -0.137. The van der Waals surface area contributed by atoms with Crippen LogP contribution < -0.4 is 5.73 Å². The fourth-order valence-corrected chi connectivity index (χ4v) is 6.03. The maximum atomic E-state index is 12.4. The van der Waals surface area contributed by atoms with E-state index in [1.807, 2.05) is 6.07 Å². The van der Waals surface area contributed by atoms with Crippen molar-refractivity contribution < 1.29 is 43.4 Å². The lowest BCUT2D eigenvalue weighted by Crippen LogP contribution is -2.41. The van der Waals surface area contributed by atoms with Crippen molar-refractivity contribution in [3.63, 3.8) is 0 Å². The molecule has 2 unspecified atom stereocenters. The summed E-state index contributed by atoms with van der Waals surface area (Å²) < 4.78 is 29.5. The first-order valence-electron chi connectivity index (χ1n) is 15.0. The van der Waals surface area contributed by atoms with E-state index < -0.39 is 44.3 Å². The molecule has 3 heterocycles. The molecule has 0 bridgehead atoms. The molecule has 1 aliphatic heterocycles. The van der Waals surface area contributed by atoms with Crippen LogP contribution >= 0.6 is 7.82 Å². The van der Waals surface area contributed by atoms with Crippen molar-refractivity contribution in [1.29, 1.82) is 5.26 Å². The van der Waals surface area contributed by atoms with Crippen molar-refractivity contribution >= 4 is 25.1 Å². The number of nitrogen functional groups attached to an aromatic ring is 1. The van der Waals surface area contributed by atoms with Gasteiger partial charge in [0.2, 0.25) is 5.60 Å². The van der Waals surface area contributed by atoms with Crippen molar-refractivity contribution in [3.05, 3.63) is 24.2 Å². The van der Waals surface area contributed by atoms with Crippen LogP contribution in [-0.2, 0) is 28.7 Å². The first-order valence-corrected chi connectivity index (χ1v) is 16.5. The van der Waals surface area contributed by atoms with Crippen LogP contribution in [0, 0.1) is 11.3 Å². The fourth-order valence-electron chi connectivity index (χ4n) is 5.26. The monoisotopic (exact) mass is 625 g/mol. The number of phosphoric ester groups is 1. The second-order valence-corrected chi connectivity index (χ2v) is 12.4. The minimum absolute atomic E-state index is 0.0242. The number of aliphatic hydroxyl groups is 2.